The number of hydrogen-bond donors (Lipinski definition) is 3. The van der Waals surface area contributed by atoms with E-state index in [2.05, 4.69) is 30.9 Å². The number of carbonyl (C=O) groups excluding carboxylic acids is 2. The van der Waals surface area contributed by atoms with E-state index in [9.17, 15) is 9.59 Å². The van der Waals surface area contributed by atoms with Crippen molar-refractivity contribution in [2.24, 2.45) is 4.99 Å². The minimum Gasteiger partial charge on any atom is -0.465 e. The van der Waals surface area contributed by atoms with Gasteiger partial charge in [0.05, 0.1) is 31.9 Å². The summed E-state index contributed by atoms with van der Waals surface area (Å²) in [4.78, 5) is 38.5. The van der Waals surface area contributed by atoms with Crippen molar-refractivity contribution in [2.75, 3.05) is 24.9 Å². The van der Waals surface area contributed by atoms with Gasteiger partial charge in [0, 0.05) is 22.0 Å². The molecule has 0 fully saturated rings. The highest BCUT2D eigenvalue weighted by molar-refractivity contribution is 7.80. The monoisotopic (exact) mass is 512 g/mol. The molecule has 3 N–H and O–H groups in total. The molecule has 182 valence electrons. The second kappa shape index (κ2) is 12.0. The molecule has 0 bridgehead atoms. The lowest BCUT2D eigenvalue weighted by molar-refractivity contribution is 0.0599. The standard InChI is InChI=1S/C23H24N6O4S2/c1-13-8-14(2)26-22(25-13)28-21(24-12-18-6-5-7-35-18)29-23(34)27-17-10-15(19(30)32-3)9-16(11-17)20(31)33-4/h5-11H,12H2,1-4H3,(H3,24,25,26,27,28,29,34). The van der Waals surface area contributed by atoms with Gasteiger partial charge in [-0.2, -0.15) is 0 Å². The number of hydrogen-bond acceptors (Lipinski definition) is 9. The van der Waals surface area contributed by atoms with Gasteiger partial charge in [0.15, 0.2) is 5.11 Å². The number of aromatic nitrogens is 2. The number of rotatable bonds is 6. The van der Waals surface area contributed by atoms with Crippen LogP contribution in [0, 0.1) is 13.8 Å². The number of methoxy groups -OCH3 is 2. The third-order valence-corrected chi connectivity index (χ3v) is 5.52. The number of nitrogens with one attached hydrogen (secondary N) is 3. The van der Waals surface area contributed by atoms with E-state index in [1.54, 1.807) is 11.3 Å². The van der Waals surface area contributed by atoms with Crippen molar-refractivity contribution in [3.8, 4) is 0 Å². The van der Waals surface area contributed by atoms with Crippen molar-refractivity contribution in [2.45, 2.75) is 20.4 Å². The fourth-order valence-corrected chi connectivity index (χ4v) is 3.84. The van der Waals surface area contributed by atoms with E-state index >= 15 is 0 Å². The number of thiophene rings is 1. The second-order valence-corrected chi connectivity index (χ2v) is 8.65. The number of anilines is 2. The molecule has 0 saturated carbocycles. The quantitative estimate of drug-likeness (QED) is 0.195. The van der Waals surface area contributed by atoms with Crippen LogP contribution in [0.15, 0.2) is 46.8 Å². The summed E-state index contributed by atoms with van der Waals surface area (Å²) in [7, 11) is 2.51. The lowest BCUT2D eigenvalue weighted by Crippen LogP contribution is -2.39. The second-order valence-electron chi connectivity index (χ2n) is 7.20. The summed E-state index contributed by atoms with van der Waals surface area (Å²) < 4.78 is 9.55. The summed E-state index contributed by atoms with van der Waals surface area (Å²) >= 11 is 7.04. The van der Waals surface area contributed by atoms with Gasteiger partial charge >= 0.3 is 11.9 Å². The van der Waals surface area contributed by atoms with Crippen LogP contribution in [-0.4, -0.2) is 47.2 Å². The van der Waals surface area contributed by atoms with Gasteiger partial charge in [-0.15, -0.1) is 11.3 Å². The Morgan fingerprint density at radius 1 is 1.00 bits per heavy atom. The normalized spacial score (nSPS) is 10.9. The first-order chi connectivity index (χ1) is 16.8. The number of ether oxygens (including phenoxy) is 2. The van der Waals surface area contributed by atoms with E-state index in [4.69, 9.17) is 21.7 Å². The van der Waals surface area contributed by atoms with Crippen molar-refractivity contribution in [3.63, 3.8) is 0 Å². The van der Waals surface area contributed by atoms with Crippen LogP contribution in [0.4, 0.5) is 11.6 Å². The highest BCUT2D eigenvalue weighted by Gasteiger charge is 2.15. The molecule has 0 saturated heterocycles. The van der Waals surface area contributed by atoms with Gasteiger partial charge < -0.3 is 20.1 Å². The lowest BCUT2D eigenvalue weighted by Gasteiger charge is -2.15. The molecule has 0 radical (unpaired) electrons. The Bertz CT molecular complexity index is 1210. The zero-order valence-corrected chi connectivity index (χ0v) is 21.2. The SMILES string of the molecule is COC(=O)c1cc(NC(=S)NC(=NCc2cccs2)Nc2nc(C)cc(C)n2)cc(C(=O)OC)c1. The van der Waals surface area contributed by atoms with E-state index in [1.165, 1.54) is 32.4 Å². The smallest absolute Gasteiger partial charge is 0.337 e. The lowest BCUT2D eigenvalue weighted by atomic mass is 10.1. The minimum absolute atomic E-state index is 0.157. The minimum atomic E-state index is -0.607. The van der Waals surface area contributed by atoms with Crippen LogP contribution in [0.25, 0.3) is 0 Å². The maximum Gasteiger partial charge on any atom is 0.337 e. The van der Waals surface area contributed by atoms with Gasteiger partial charge in [0.2, 0.25) is 11.9 Å². The van der Waals surface area contributed by atoms with E-state index in [1.807, 2.05) is 37.4 Å². The first-order valence-electron chi connectivity index (χ1n) is 10.3. The Hall–Kier alpha value is -3.90. The van der Waals surface area contributed by atoms with E-state index < -0.39 is 11.9 Å². The molecule has 0 aliphatic rings. The van der Waals surface area contributed by atoms with Crippen LogP contribution in [0.1, 0.15) is 37.0 Å². The molecule has 2 aromatic heterocycles. The van der Waals surface area contributed by atoms with Gasteiger partial charge in [-0.05, 0) is 61.8 Å². The number of nitrogens with zero attached hydrogens (tertiary/aromatic N) is 3. The van der Waals surface area contributed by atoms with Crippen molar-refractivity contribution in [1.29, 1.82) is 0 Å². The number of benzene rings is 1. The maximum absolute atomic E-state index is 12.1. The number of thiocarbonyl (C=S) groups is 1. The number of aryl methyl sites for hydroxylation is 2. The first-order valence-corrected chi connectivity index (χ1v) is 11.6. The van der Waals surface area contributed by atoms with Crippen LogP contribution < -0.4 is 16.0 Å². The molecule has 0 aliphatic heterocycles. The van der Waals surface area contributed by atoms with Gasteiger partial charge in [-0.3, -0.25) is 5.32 Å². The molecule has 2 heterocycles. The summed E-state index contributed by atoms with van der Waals surface area (Å²) in [6, 6.07) is 10.2. The third kappa shape index (κ3) is 7.55. The van der Waals surface area contributed by atoms with Crippen LogP contribution in [0.5, 0.6) is 0 Å². The predicted octanol–water partition coefficient (Wildman–Crippen LogP) is 3.68. The van der Waals surface area contributed by atoms with E-state index in [0.717, 1.165) is 16.3 Å². The van der Waals surface area contributed by atoms with E-state index in [-0.39, 0.29) is 16.2 Å². The molecule has 0 spiro atoms. The Morgan fingerprint density at radius 3 is 2.17 bits per heavy atom. The Morgan fingerprint density at radius 2 is 1.63 bits per heavy atom. The molecule has 0 aliphatic carbocycles. The zero-order chi connectivity index (χ0) is 25.4. The van der Waals surface area contributed by atoms with Crippen molar-refractivity contribution in [1.82, 2.24) is 15.3 Å². The van der Waals surface area contributed by atoms with Gasteiger partial charge in [0.25, 0.3) is 0 Å². The van der Waals surface area contributed by atoms with Gasteiger partial charge in [0.1, 0.15) is 0 Å². The Labute approximate surface area is 211 Å². The average molecular weight is 513 g/mol. The van der Waals surface area contributed by atoms with Crippen molar-refractivity contribution < 1.29 is 19.1 Å². The molecule has 0 amide bonds. The summed E-state index contributed by atoms with van der Waals surface area (Å²) in [5, 5.41) is 11.1. The number of carbonyl (C=O) groups is 2. The first kappa shape index (κ1) is 25.7. The highest BCUT2D eigenvalue weighted by atomic mass is 32.1. The van der Waals surface area contributed by atoms with Crippen LogP contribution >= 0.6 is 23.6 Å². The van der Waals surface area contributed by atoms with Crippen molar-refractivity contribution in [3.05, 3.63) is 69.2 Å². The van der Waals surface area contributed by atoms with E-state index in [0.29, 0.717) is 24.1 Å². The van der Waals surface area contributed by atoms with Crippen molar-refractivity contribution >= 4 is 58.2 Å². The molecule has 3 aromatic rings. The predicted molar refractivity (Wildman–Crippen MR) is 139 cm³/mol. The molecular weight excluding hydrogens is 488 g/mol. The Kier molecular flexibility index (Phi) is 8.81. The topological polar surface area (TPSA) is 127 Å². The maximum atomic E-state index is 12.1. The molecule has 0 atom stereocenters. The van der Waals surface area contributed by atoms with Gasteiger partial charge in [-0.25, -0.2) is 24.5 Å². The average Bonchev–Trinajstić information content (AvgIpc) is 3.34. The molecule has 0 unspecified atom stereocenters. The molecule has 10 nitrogen and oxygen atoms in total. The summed E-state index contributed by atoms with van der Waals surface area (Å²) in [5.74, 6) is -0.532. The molecule has 12 heteroatoms. The zero-order valence-electron chi connectivity index (χ0n) is 19.5. The van der Waals surface area contributed by atoms with Crippen LogP contribution in [0.2, 0.25) is 0 Å². The molecule has 3 rings (SSSR count). The van der Waals surface area contributed by atoms with Crippen LogP contribution in [0.3, 0.4) is 0 Å². The third-order valence-electron chi connectivity index (χ3n) is 4.45. The Balaban J connectivity index is 1.83. The largest absolute Gasteiger partial charge is 0.465 e. The molecular formula is C23H24N6O4S2. The number of guanidine groups is 1. The highest BCUT2D eigenvalue weighted by Crippen LogP contribution is 2.17. The number of aliphatic imine (C=N–C) groups is 1. The fraction of sp³-hybridized carbons (Fsp3) is 0.217. The summed E-state index contributed by atoms with van der Waals surface area (Å²) in [5.41, 5.74) is 2.30. The number of esters is 2. The summed E-state index contributed by atoms with van der Waals surface area (Å²) in [6.45, 7) is 4.15. The summed E-state index contributed by atoms with van der Waals surface area (Å²) in [6.07, 6.45) is 0. The van der Waals surface area contributed by atoms with Gasteiger partial charge in [-0.1, -0.05) is 6.07 Å². The van der Waals surface area contributed by atoms with Crippen LogP contribution in [-0.2, 0) is 16.0 Å². The molecule has 1 aromatic carbocycles. The fourth-order valence-electron chi connectivity index (χ4n) is 3.00. The molecule has 35 heavy (non-hydrogen) atoms.